The van der Waals surface area contributed by atoms with E-state index in [1.807, 2.05) is 36.7 Å². The molecule has 2 amide bonds. The zero-order valence-corrected chi connectivity index (χ0v) is 17.9. The summed E-state index contributed by atoms with van der Waals surface area (Å²) in [4.78, 5) is 43.0. The van der Waals surface area contributed by atoms with Gasteiger partial charge in [0.15, 0.2) is 6.10 Å². The zero-order chi connectivity index (χ0) is 21.8. The van der Waals surface area contributed by atoms with Gasteiger partial charge in [0.1, 0.15) is 6.04 Å². The normalized spacial score (nSPS) is 19.4. The molecule has 0 saturated carbocycles. The number of aromatic nitrogens is 1. The van der Waals surface area contributed by atoms with E-state index in [0.717, 1.165) is 21.7 Å². The first-order valence-corrected chi connectivity index (χ1v) is 10.6. The van der Waals surface area contributed by atoms with E-state index in [1.54, 1.807) is 11.3 Å². The number of thiazole rings is 1. The number of aliphatic hydroxyl groups excluding tert-OH is 1. The lowest BCUT2D eigenvalue weighted by Gasteiger charge is -2.26. The molecule has 1 aliphatic heterocycles. The predicted octanol–water partition coefficient (Wildman–Crippen LogP) is 1.65. The minimum Gasteiger partial charge on any atom is -0.453 e. The predicted molar refractivity (Wildman–Crippen MR) is 111 cm³/mol. The highest BCUT2D eigenvalue weighted by Gasteiger charge is 2.40. The van der Waals surface area contributed by atoms with Crippen LogP contribution in [0, 0.1) is 6.92 Å². The van der Waals surface area contributed by atoms with E-state index < -0.39 is 30.1 Å². The Morgan fingerprint density at radius 3 is 2.63 bits per heavy atom. The van der Waals surface area contributed by atoms with E-state index in [4.69, 9.17) is 4.74 Å². The average molecular weight is 432 g/mol. The first-order chi connectivity index (χ1) is 14.3. The monoisotopic (exact) mass is 431 g/mol. The first-order valence-electron chi connectivity index (χ1n) is 9.69. The maximum atomic E-state index is 12.7. The molecule has 1 fully saturated rings. The van der Waals surface area contributed by atoms with Crippen molar-refractivity contribution >= 4 is 29.1 Å². The van der Waals surface area contributed by atoms with Crippen molar-refractivity contribution < 1.29 is 24.2 Å². The zero-order valence-electron chi connectivity index (χ0n) is 17.1. The summed E-state index contributed by atoms with van der Waals surface area (Å²) in [6, 6.07) is 7.04. The number of β-amino-alcohol motifs (C(OH)–C–C–N with tert-alkyl or cyclic N) is 1. The number of hydrogen-bond donors (Lipinski definition) is 2. The van der Waals surface area contributed by atoms with Crippen LogP contribution in [0.3, 0.4) is 0 Å². The highest BCUT2D eigenvalue weighted by Crippen LogP contribution is 2.27. The van der Waals surface area contributed by atoms with Crippen LogP contribution in [-0.2, 0) is 25.7 Å². The summed E-state index contributed by atoms with van der Waals surface area (Å²) in [7, 11) is 0. The number of nitrogens with one attached hydrogen (secondary N) is 1. The van der Waals surface area contributed by atoms with Crippen LogP contribution in [0.1, 0.15) is 31.5 Å². The quantitative estimate of drug-likeness (QED) is 0.673. The third kappa shape index (κ3) is 5.03. The summed E-state index contributed by atoms with van der Waals surface area (Å²) in [5.41, 5.74) is 4.78. The molecule has 3 rings (SSSR count). The fraction of sp³-hybridized carbons (Fsp3) is 0.429. The lowest BCUT2D eigenvalue weighted by atomic mass is 10.1. The van der Waals surface area contributed by atoms with Crippen molar-refractivity contribution in [1.29, 1.82) is 0 Å². The average Bonchev–Trinajstić information content (AvgIpc) is 3.31. The van der Waals surface area contributed by atoms with E-state index in [2.05, 4.69) is 10.3 Å². The summed E-state index contributed by atoms with van der Waals surface area (Å²) < 4.78 is 4.92. The Hall–Kier alpha value is -2.78. The second-order valence-corrected chi connectivity index (χ2v) is 8.18. The number of carbonyl (C=O) groups excluding carboxylic acids is 3. The Balaban J connectivity index is 1.61. The highest BCUT2D eigenvalue weighted by atomic mass is 32.1. The van der Waals surface area contributed by atoms with Crippen LogP contribution in [0.25, 0.3) is 10.4 Å². The molecule has 2 N–H and O–H groups in total. The standard InChI is InChI=1S/C21H25N3O5S/c1-12-19(30-11-23-12)16-6-4-15(5-7-16)9-22-20(27)18-8-17(26)10-24(18)21(28)13(2)29-14(3)25/h4-7,11,13,17-18,26H,8-10H2,1-3H3,(H,22,27). The van der Waals surface area contributed by atoms with Gasteiger partial charge in [0.2, 0.25) is 5.91 Å². The Bertz CT molecular complexity index is 927. The lowest BCUT2D eigenvalue weighted by molar-refractivity contribution is -0.158. The minimum atomic E-state index is -1.01. The number of ether oxygens (including phenoxy) is 1. The summed E-state index contributed by atoms with van der Waals surface area (Å²) in [5, 5.41) is 12.8. The van der Waals surface area contributed by atoms with E-state index in [0.29, 0.717) is 6.54 Å². The molecule has 3 unspecified atom stereocenters. The second kappa shape index (κ2) is 9.36. The van der Waals surface area contributed by atoms with Gasteiger partial charge in [-0.1, -0.05) is 24.3 Å². The highest BCUT2D eigenvalue weighted by molar-refractivity contribution is 7.13. The van der Waals surface area contributed by atoms with Gasteiger partial charge < -0.3 is 20.1 Å². The van der Waals surface area contributed by atoms with Crippen molar-refractivity contribution in [3.63, 3.8) is 0 Å². The lowest BCUT2D eigenvalue weighted by Crippen LogP contribution is -2.49. The molecule has 0 radical (unpaired) electrons. The third-order valence-electron chi connectivity index (χ3n) is 4.98. The van der Waals surface area contributed by atoms with Gasteiger partial charge >= 0.3 is 5.97 Å². The molecular formula is C21H25N3O5S. The number of esters is 1. The van der Waals surface area contributed by atoms with Crippen molar-refractivity contribution in [2.45, 2.75) is 52.0 Å². The number of rotatable bonds is 6. The maximum Gasteiger partial charge on any atom is 0.303 e. The van der Waals surface area contributed by atoms with Crippen LogP contribution < -0.4 is 5.32 Å². The van der Waals surface area contributed by atoms with Crippen molar-refractivity contribution in [2.24, 2.45) is 0 Å². The molecule has 8 nitrogen and oxygen atoms in total. The number of nitrogens with zero attached hydrogens (tertiary/aromatic N) is 2. The summed E-state index contributed by atoms with van der Waals surface area (Å²) >= 11 is 1.58. The van der Waals surface area contributed by atoms with E-state index in [9.17, 15) is 19.5 Å². The topological polar surface area (TPSA) is 109 Å². The molecule has 1 aromatic heterocycles. The van der Waals surface area contributed by atoms with Gasteiger partial charge in [-0.3, -0.25) is 14.4 Å². The molecule has 160 valence electrons. The van der Waals surface area contributed by atoms with Gasteiger partial charge in [0.25, 0.3) is 5.91 Å². The number of likely N-dealkylation sites (tertiary alicyclic amines) is 1. The maximum absolute atomic E-state index is 12.7. The largest absolute Gasteiger partial charge is 0.453 e. The van der Waals surface area contributed by atoms with Crippen LogP contribution >= 0.6 is 11.3 Å². The van der Waals surface area contributed by atoms with Crippen LogP contribution in [0.5, 0.6) is 0 Å². The molecule has 0 spiro atoms. The number of aryl methyl sites for hydroxylation is 1. The van der Waals surface area contributed by atoms with Gasteiger partial charge in [-0.2, -0.15) is 0 Å². The minimum absolute atomic E-state index is 0.0332. The van der Waals surface area contributed by atoms with Gasteiger partial charge in [0, 0.05) is 26.4 Å². The molecule has 9 heteroatoms. The van der Waals surface area contributed by atoms with E-state index >= 15 is 0 Å². The van der Waals surface area contributed by atoms with Gasteiger partial charge in [0.05, 0.1) is 22.2 Å². The van der Waals surface area contributed by atoms with Crippen molar-refractivity contribution in [2.75, 3.05) is 6.54 Å². The fourth-order valence-electron chi connectivity index (χ4n) is 3.50. The van der Waals surface area contributed by atoms with Gasteiger partial charge in [-0.15, -0.1) is 11.3 Å². The van der Waals surface area contributed by atoms with Crippen LogP contribution in [0.4, 0.5) is 0 Å². The first kappa shape index (κ1) is 21.9. The van der Waals surface area contributed by atoms with Gasteiger partial charge in [-0.05, 0) is 25.0 Å². The van der Waals surface area contributed by atoms with E-state index in [-0.39, 0.29) is 18.9 Å². The molecule has 1 aliphatic rings. The van der Waals surface area contributed by atoms with Crippen molar-refractivity contribution in [3.8, 4) is 10.4 Å². The summed E-state index contributed by atoms with van der Waals surface area (Å²) in [6.45, 7) is 4.97. The Labute approximate surface area is 178 Å². The van der Waals surface area contributed by atoms with Gasteiger partial charge in [-0.25, -0.2) is 4.98 Å². The van der Waals surface area contributed by atoms with Crippen LogP contribution in [-0.4, -0.2) is 57.6 Å². The third-order valence-corrected chi connectivity index (χ3v) is 5.96. The molecule has 1 aromatic carbocycles. The Kier molecular flexibility index (Phi) is 6.84. The van der Waals surface area contributed by atoms with Crippen LogP contribution in [0.2, 0.25) is 0 Å². The van der Waals surface area contributed by atoms with Crippen LogP contribution in [0.15, 0.2) is 29.8 Å². The molecule has 0 bridgehead atoms. The number of benzene rings is 1. The van der Waals surface area contributed by atoms with Crippen molar-refractivity contribution in [3.05, 3.63) is 41.0 Å². The SMILES string of the molecule is CC(=O)OC(C)C(=O)N1CC(O)CC1C(=O)NCc1ccc(-c2scnc2C)cc1. The number of carbonyl (C=O) groups is 3. The number of aliphatic hydroxyl groups is 1. The second-order valence-electron chi connectivity index (χ2n) is 7.33. The fourth-order valence-corrected chi connectivity index (χ4v) is 4.31. The number of hydrogen-bond acceptors (Lipinski definition) is 7. The summed E-state index contributed by atoms with van der Waals surface area (Å²) in [6.07, 6.45) is -1.66. The molecule has 30 heavy (non-hydrogen) atoms. The molecule has 2 aromatic rings. The molecular weight excluding hydrogens is 406 g/mol. The Morgan fingerprint density at radius 1 is 1.33 bits per heavy atom. The van der Waals surface area contributed by atoms with Crippen molar-refractivity contribution in [1.82, 2.24) is 15.2 Å². The smallest absolute Gasteiger partial charge is 0.303 e. The molecule has 0 aliphatic carbocycles. The Morgan fingerprint density at radius 2 is 2.03 bits per heavy atom. The van der Waals surface area contributed by atoms with E-state index in [1.165, 1.54) is 18.7 Å². The summed E-state index contributed by atoms with van der Waals surface area (Å²) in [5.74, 6) is -1.42. The molecule has 2 heterocycles. The molecule has 3 atom stereocenters. The molecule has 1 saturated heterocycles. The number of amides is 2.